The number of carbonyl (C=O) groups is 3. The first-order valence-corrected chi connectivity index (χ1v) is 12.0. The molecule has 0 saturated carbocycles. The van der Waals surface area contributed by atoms with Crippen LogP contribution >= 0.6 is 0 Å². The van der Waals surface area contributed by atoms with Crippen molar-refractivity contribution in [1.82, 2.24) is 14.7 Å². The Hall–Kier alpha value is -4.33. The average molecular weight is 485 g/mol. The number of fused-ring (bicyclic) bond motifs is 2. The van der Waals surface area contributed by atoms with Gasteiger partial charge < -0.3 is 19.8 Å². The number of para-hydroxylation sites is 2. The summed E-state index contributed by atoms with van der Waals surface area (Å²) in [5.41, 5.74) is 2.29. The molecule has 3 aromatic rings. The Morgan fingerprint density at radius 2 is 1.36 bits per heavy atom. The second-order valence-electron chi connectivity index (χ2n) is 9.21. The molecule has 2 aliphatic rings. The fourth-order valence-electron chi connectivity index (χ4n) is 5.32. The molecule has 0 aliphatic carbocycles. The van der Waals surface area contributed by atoms with E-state index in [0.717, 1.165) is 5.56 Å². The molecule has 0 aromatic heterocycles. The SMILES string of the molecule is CN(Cc1ccccc1)C(=O)N1C[C@H]2C[C@@H]1[C@@H](C(=O)O)N2C(=O)N(c1ccccc1)c1ccccc1. The maximum atomic E-state index is 14.0. The standard InChI is InChI=1S/C28H28N4O4/c1-29(18-20-11-5-2-6-12-20)27(35)30-19-23-17-24(30)25(26(33)34)32(23)28(36)31(21-13-7-3-8-14-21)22-15-9-4-10-16-22/h2-16,23-25H,17-19H2,1H3,(H,33,34)/t23-,24-,25+/m1/s1. The maximum absolute atomic E-state index is 14.0. The summed E-state index contributed by atoms with van der Waals surface area (Å²) in [6.45, 7) is 0.722. The van der Waals surface area contributed by atoms with Gasteiger partial charge >= 0.3 is 18.0 Å². The number of amides is 4. The van der Waals surface area contributed by atoms with Crippen molar-refractivity contribution in [2.75, 3.05) is 18.5 Å². The van der Waals surface area contributed by atoms with Gasteiger partial charge in [-0.05, 0) is 36.2 Å². The maximum Gasteiger partial charge on any atom is 0.330 e. The molecule has 2 fully saturated rings. The van der Waals surface area contributed by atoms with Crippen LogP contribution in [0.15, 0.2) is 91.0 Å². The fourth-order valence-corrected chi connectivity index (χ4v) is 5.32. The molecular formula is C28H28N4O4. The summed E-state index contributed by atoms with van der Waals surface area (Å²) in [5, 5.41) is 10.2. The first kappa shape index (κ1) is 23.4. The van der Waals surface area contributed by atoms with E-state index >= 15 is 0 Å². The molecule has 4 amide bonds. The predicted octanol–water partition coefficient (Wildman–Crippen LogP) is 4.41. The molecule has 5 rings (SSSR count). The van der Waals surface area contributed by atoms with Crippen LogP contribution in [-0.4, -0.2) is 69.6 Å². The number of hydrogen-bond acceptors (Lipinski definition) is 3. The van der Waals surface area contributed by atoms with E-state index in [1.807, 2.05) is 91.0 Å². The normalized spacial score (nSPS) is 20.3. The Morgan fingerprint density at radius 1 is 0.833 bits per heavy atom. The van der Waals surface area contributed by atoms with Crippen LogP contribution in [0.5, 0.6) is 0 Å². The summed E-state index contributed by atoms with van der Waals surface area (Å²) in [4.78, 5) is 46.0. The van der Waals surface area contributed by atoms with Crippen LogP contribution in [0.2, 0.25) is 0 Å². The van der Waals surface area contributed by atoms with Gasteiger partial charge in [0, 0.05) is 20.1 Å². The molecule has 184 valence electrons. The van der Waals surface area contributed by atoms with Crippen molar-refractivity contribution < 1.29 is 19.5 Å². The van der Waals surface area contributed by atoms with E-state index < -0.39 is 24.1 Å². The number of carbonyl (C=O) groups excluding carboxylic acids is 2. The fraction of sp³-hybridized carbons (Fsp3) is 0.250. The van der Waals surface area contributed by atoms with Gasteiger partial charge in [0.1, 0.15) is 0 Å². The van der Waals surface area contributed by atoms with Gasteiger partial charge in [-0.25, -0.2) is 14.4 Å². The molecular weight excluding hydrogens is 456 g/mol. The summed E-state index contributed by atoms with van der Waals surface area (Å²) < 4.78 is 0. The molecule has 2 bridgehead atoms. The Labute approximate surface area is 210 Å². The third-order valence-electron chi connectivity index (χ3n) is 6.91. The van der Waals surface area contributed by atoms with E-state index in [1.54, 1.807) is 21.7 Å². The summed E-state index contributed by atoms with van der Waals surface area (Å²) in [5.74, 6) is -1.11. The third-order valence-corrected chi connectivity index (χ3v) is 6.91. The Balaban J connectivity index is 1.40. The van der Waals surface area contributed by atoms with Gasteiger partial charge in [-0.15, -0.1) is 0 Å². The van der Waals surface area contributed by atoms with Gasteiger partial charge in [0.15, 0.2) is 6.04 Å². The highest BCUT2D eigenvalue weighted by Gasteiger charge is 2.58. The van der Waals surface area contributed by atoms with Crippen LogP contribution in [0, 0.1) is 0 Å². The highest BCUT2D eigenvalue weighted by molar-refractivity contribution is 6.02. The molecule has 36 heavy (non-hydrogen) atoms. The molecule has 1 N–H and O–H groups in total. The van der Waals surface area contributed by atoms with Crippen LogP contribution in [0.4, 0.5) is 21.0 Å². The minimum absolute atomic E-state index is 0.229. The largest absolute Gasteiger partial charge is 0.480 e. The molecule has 2 saturated heterocycles. The van der Waals surface area contributed by atoms with E-state index in [-0.39, 0.29) is 12.1 Å². The van der Waals surface area contributed by atoms with E-state index in [9.17, 15) is 19.5 Å². The van der Waals surface area contributed by atoms with Crippen molar-refractivity contribution in [1.29, 1.82) is 0 Å². The number of likely N-dealkylation sites (tertiary alicyclic amines) is 2. The molecule has 2 heterocycles. The lowest BCUT2D eigenvalue weighted by Gasteiger charge is -2.41. The number of rotatable bonds is 5. The number of anilines is 2. The molecule has 0 radical (unpaired) electrons. The average Bonchev–Trinajstić information content (AvgIpc) is 3.49. The number of carboxylic acid groups (broad SMARTS) is 1. The monoisotopic (exact) mass is 484 g/mol. The number of piperazine rings is 1. The van der Waals surface area contributed by atoms with E-state index in [0.29, 0.717) is 30.9 Å². The highest BCUT2D eigenvalue weighted by atomic mass is 16.4. The van der Waals surface area contributed by atoms with E-state index in [1.165, 1.54) is 4.90 Å². The second kappa shape index (κ2) is 9.73. The Morgan fingerprint density at radius 3 is 1.89 bits per heavy atom. The van der Waals surface area contributed by atoms with Crippen molar-refractivity contribution in [3.8, 4) is 0 Å². The first-order valence-electron chi connectivity index (χ1n) is 12.0. The van der Waals surface area contributed by atoms with Crippen LogP contribution in [0.25, 0.3) is 0 Å². The van der Waals surface area contributed by atoms with Gasteiger partial charge in [-0.2, -0.15) is 0 Å². The summed E-state index contributed by atoms with van der Waals surface area (Å²) in [6.07, 6.45) is 0.436. The molecule has 2 aliphatic heterocycles. The zero-order chi connectivity index (χ0) is 25.2. The summed E-state index contributed by atoms with van der Waals surface area (Å²) in [6, 6.07) is 25.3. The minimum atomic E-state index is -1.12. The number of urea groups is 2. The first-order chi connectivity index (χ1) is 17.5. The number of carboxylic acids is 1. The van der Waals surface area contributed by atoms with Gasteiger partial charge in [0.2, 0.25) is 0 Å². The Kier molecular flexibility index (Phi) is 6.33. The third kappa shape index (κ3) is 4.26. The number of nitrogens with zero attached hydrogens (tertiary/aromatic N) is 4. The van der Waals surface area contributed by atoms with Crippen molar-refractivity contribution in [3.63, 3.8) is 0 Å². The molecule has 0 unspecified atom stereocenters. The van der Waals surface area contributed by atoms with Gasteiger partial charge in [-0.1, -0.05) is 66.7 Å². The quantitative estimate of drug-likeness (QED) is 0.582. The van der Waals surface area contributed by atoms with Crippen molar-refractivity contribution in [2.45, 2.75) is 31.1 Å². The zero-order valence-electron chi connectivity index (χ0n) is 20.0. The number of aliphatic carboxylic acids is 1. The molecule has 0 spiro atoms. The van der Waals surface area contributed by atoms with Crippen LogP contribution in [0.3, 0.4) is 0 Å². The molecule has 3 atom stereocenters. The summed E-state index contributed by atoms with van der Waals surface area (Å²) >= 11 is 0. The highest BCUT2D eigenvalue weighted by Crippen LogP contribution is 2.39. The smallest absolute Gasteiger partial charge is 0.330 e. The van der Waals surface area contributed by atoms with E-state index in [2.05, 4.69) is 0 Å². The zero-order valence-corrected chi connectivity index (χ0v) is 20.0. The van der Waals surface area contributed by atoms with Crippen LogP contribution in [-0.2, 0) is 11.3 Å². The second-order valence-corrected chi connectivity index (χ2v) is 9.21. The topological polar surface area (TPSA) is 84.4 Å². The van der Waals surface area contributed by atoms with Gasteiger partial charge in [-0.3, -0.25) is 4.90 Å². The number of benzene rings is 3. The van der Waals surface area contributed by atoms with Gasteiger partial charge in [0.25, 0.3) is 0 Å². The lowest BCUT2D eigenvalue weighted by atomic mass is 10.1. The van der Waals surface area contributed by atoms with Gasteiger partial charge in [0.05, 0.1) is 23.5 Å². The Bertz CT molecular complexity index is 1200. The van der Waals surface area contributed by atoms with Crippen LogP contribution < -0.4 is 4.90 Å². The molecule has 8 heteroatoms. The lowest BCUT2D eigenvalue weighted by molar-refractivity contribution is -0.144. The van der Waals surface area contributed by atoms with Crippen LogP contribution in [0.1, 0.15) is 12.0 Å². The lowest BCUT2D eigenvalue weighted by Crippen LogP contribution is -2.62. The van der Waals surface area contributed by atoms with Crippen molar-refractivity contribution in [2.24, 2.45) is 0 Å². The van der Waals surface area contributed by atoms with E-state index in [4.69, 9.17) is 0 Å². The van der Waals surface area contributed by atoms with Crippen molar-refractivity contribution in [3.05, 3.63) is 96.6 Å². The molecule has 8 nitrogen and oxygen atoms in total. The molecule has 3 aromatic carbocycles. The summed E-state index contributed by atoms with van der Waals surface area (Å²) in [7, 11) is 1.71. The predicted molar refractivity (Wildman–Crippen MR) is 136 cm³/mol. The minimum Gasteiger partial charge on any atom is -0.480 e. The van der Waals surface area contributed by atoms with Crippen molar-refractivity contribution >= 4 is 29.4 Å². The number of hydrogen-bond donors (Lipinski definition) is 1.